The quantitative estimate of drug-likeness (QED) is 0.824. The Bertz CT molecular complexity index is 466. The van der Waals surface area contributed by atoms with Crippen LogP contribution < -0.4 is 9.47 Å². The monoisotopic (exact) mass is 251 g/mol. The molecule has 0 atom stereocenters. The molecule has 1 rings (SSSR count). The summed E-state index contributed by atoms with van der Waals surface area (Å²) in [6, 6.07) is 3.10. The predicted octanol–water partition coefficient (Wildman–Crippen LogP) is 1.51. The molecule has 0 radical (unpaired) electrons. The van der Waals surface area contributed by atoms with E-state index in [-0.39, 0.29) is 11.7 Å². The molecule has 0 spiro atoms. The maximum absolute atomic E-state index is 11.4. The van der Waals surface area contributed by atoms with E-state index in [1.165, 1.54) is 37.3 Å². The molecule has 1 aromatic rings. The number of ether oxygens (including phenoxy) is 2. The summed E-state index contributed by atoms with van der Waals surface area (Å²) in [7, 11) is 6.29. The number of amides is 1. The molecule has 0 aromatic heterocycles. The number of methoxy groups -OCH3 is 2. The molecule has 0 unspecified atom stereocenters. The van der Waals surface area contributed by atoms with Crippen LogP contribution in [0.1, 0.15) is 5.56 Å². The summed E-state index contributed by atoms with van der Waals surface area (Å²) in [6.07, 6.45) is 2.87. The third-order valence-electron chi connectivity index (χ3n) is 2.38. The smallest absolute Gasteiger partial charge is 0.246 e. The van der Waals surface area contributed by atoms with Crippen molar-refractivity contribution in [2.75, 3.05) is 28.3 Å². The standard InChI is InChI=1S/C13H17NO4/c1-14(2)13(16)6-5-10-11(15)7-9(17-3)8-12(10)18-4/h5-8,15H,1-4H3. The van der Waals surface area contributed by atoms with E-state index in [2.05, 4.69) is 0 Å². The average molecular weight is 251 g/mol. The fraction of sp³-hybridized carbons (Fsp3) is 0.308. The summed E-state index contributed by atoms with van der Waals surface area (Å²) in [5.41, 5.74) is 0.438. The Labute approximate surface area is 106 Å². The number of phenols is 1. The Morgan fingerprint density at radius 1 is 1.28 bits per heavy atom. The van der Waals surface area contributed by atoms with Gasteiger partial charge in [0.25, 0.3) is 0 Å². The predicted molar refractivity (Wildman–Crippen MR) is 68.9 cm³/mol. The molecular formula is C13H17NO4. The van der Waals surface area contributed by atoms with Crippen molar-refractivity contribution >= 4 is 12.0 Å². The number of carbonyl (C=O) groups excluding carboxylic acids is 1. The van der Waals surface area contributed by atoms with Gasteiger partial charge in [-0.3, -0.25) is 4.79 Å². The van der Waals surface area contributed by atoms with Crippen molar-refractivity contribution in [1.29, 1.82) is 0 Å². The van der Waals surface area contributed by atoms with Gasteiger partial charge in [0.2, 0.25) is 5.91 Å². The van der Waals surface area contributed by atoms with Gasteiger partial charge in [-0.1, -0.05) is 0 Å². The van der Waals surface area contributed by atoms with Gasteiger partial charge in [-0.05, 0) is 6.08 Å². The van der Waals surface area contributed by atoms with Crippen molar-refractivity contribution < 1.29 is 19.4 Å². The number of aromatic hydroxyl groups is 1. The number of hydrogen-bond donors (Lipinski definition) is 1. The molecule has 0 saturated carbocycles. The molecule has 98 valence electrons. The van der Waals surface area contributed by atoms with Crippen LogP contribution in [0.3, 0.4) is 0 Å². The zero-order valence-corrected chi connectivity index (χ0v) is 10.9. The van der Waals surface area contributed by atoms with E-state index in [0.29, 0.717) is 17.1 Å². The molecule has 0 fully saturated rings. The van der Waals surface area contributed by atoms with Crippen LogP contribution in [0.25, 0.3) is 6.08 Å². The molecule has 5 heteroatoms. The SMILES string of the molecule is COc1cc(O)c(C=CC(=O)N(C)C)c(OC)c1. The first-order valence-electron chi connectivity index (χ1n) is 5.34. The van der Waals surface area contributed by atoms with Crippen LogP contribution >= 0.6 is 0 Å². The number of phenolic OH excluding ortho intramolecular Hbond substituents is 1. The van der Waals surface area contributed by atoms with Gasteiger partial charge in [0.1, 0.15) is 17.2 Å². The normalized spacial score (nSPS) is 10.4. The molecule has 0 aliphatic rings. The van der Waals surface area contributed by atoms with Gasteiger partial charge in [-0.25, -0.2) is 0 Å². The Hall–Kier alpha value is -2.17. The minimum absolute atomic E-state index is 0.00555. The van der Waals surface area contributed by atoms with Crippen molar-refractivity contribution in [3.05, 3.63) is 23.8 Å². The number of rotatable bonds is 4. The largest absolute Gasteiger partial charge is 0.507 e. The number of nitrogens with zero attached hydrogens (tertiary/aromatic N) is 1. The molecule has 5 nitrogen and oxygen atoms in total. The number of carbonyl (C=O) groups is 1. The van der Waals surface area contributed by atoms with Crippen LogP contribution in [0.5, 0.6) is 17.2 Å². The van der Waals surface area contributed by atoms with Crippen molar-refractivity contribution in [2.45, 2.75) is 0 Å². The first kappa shape index (κ1) is 13.9. The lowest BCUT2D eigenvalue weighted by atomic mass is 10.1. The Morgan fingerprint density at radius 3 is 2.44 bits per heavy atom. The van der Waals surface area contributed by atoms with E-state index < -0.39 is 0 Å². The number of likely N-dealkylation sites (N-methyl/N-ethyl adjacent to an activating group) is 1. The average Bonchev–Trinajstić information content (AvgIpc) is 2.35. The van der Waals surface area contributed by atoms with Crippen molar-refractivity contribution in [3.8, 4) is 17.2 Å². The van der Waals surface area contributed by atoms with Crippen molar-refractivity contribution in [1.82, 2.24) is 4.90 Å². The van der Waals surface area contributed by atoms with Gasteiger partial charge in [-0.2, -0.15) is 0 Å². The van der Waals surface area contributed by atoms with E-state index in [0.717, 1.165) is 0 Å². The van der Waals surface area contributed by atoms with Crippen LogP contribution in [0, 0.1) is 0 Å². The topological polar surface area (TPSA) is 59.0 Å². The summed E-state index contributed by atoms with van der Waals surface area (Å²) in [4.78, 5) is 12.9. The molecule has 0 aliphatic carbocycles. The van der Waals surface area contributed by atoms with E-state index in [9.17, 15) is 9.90 Å². The van der Waals surface area contributed by atoms with Crippen LogP contribution in [0.15, 0.2) is 18.2 Å². The van der Waals surface area contributed by atoms with E-state index >= 15 is 0 Å². The third-order valence-corrected chi connectivity index (χ3v) is 2.38. The van der Waals surface area contributed by atoms with Crippen LogP contribution in [0.4, 0.5) is 0 Å². The lowest BCUT2D eigenvalue weighted by Gasteiger charge is -2.10. The maximum Gasteiger partial charge on any atom is 0.246 e. The molecule has 0 saturated heterocycles. The summed E-state index contributed by atoms with van der Waals surface area (Å²) < 4.78 is 10.2. The summed E-state index contributed by atoms with van der Waals surface area (Å²) >= 11 is 0. The summed E-state index contributed by atoms with van der Waals surface area (Å²) in [5, 5.41) is 9.85. The molecule has 1 N–H and O–H groups in total. The first-order chi connectivity index (χ1) is 8.49. The number of hydrogen-bond acceptors (Lipinski definition) is 4. The third kappa shape index (κ3) is 3.16. The van der Waals surface area contributed by atoms with E-state index in [4.69, 9.17) is 9.47 Å². The molecule has 0 aliphatic heterocycles. The summed E-state index contributed by atoms with van der Waals surface area (Å²) in [6.45, 7) is 0. The van der Waals surface area contributed by atoms with Crippen molar-refractivity contribution in [3.63, 3.8) is 0 Å². The molecule has 0 bridgehead atoms. The van der Waals surface area contributed by atoms with Gasteiger partial charge < -0.3 is 19.5 Å². The Morgan fingerprint density at radius 2 is 1.94 bits per heavy atom. The molecule has 0 heterocycles. The second kappa shape index (κ2) is 5.95. The Kier molecular flexibility index (Phi) is 4.59. The Balaban J connectivity index is 3.12. The van der Waals surface area contributed by atoms with E-state index in [1.807, 2.05) is 0 Å². The highest BCUT2D eigenvalue weighted by Crippen LogP contribution is 2.34. The van der Waals surface area contributed by atoms with Crippen LogP contribution in [0.2, 0.25) is 0 Å². The van der Waals surface area contributed by atoms with Gasteiger partial charge >= 0.3 is 0 Å². The van der Waals surface area contributed by atoms with Gasteiger partial charge in [0.05, 0.1) is 19.8 Å². The van der Waals surface area contributed by atoms with E-state index in [1.54, 1.807) is 20.2 Å². The molecule has 18 heavy (non-hydrogen) atoms. The second-order valence-electron chi connectivity index (χ2n) is 3.83. The highest BCUT2D eigenvalue weighted by atomic mass is 16.5. The minimum atomic E-state index is -0.174. The van der Waals surface area contributed by atoms with Gasteiger partial charge in [-0.15, -0.1) is 0 Å². The van der Waals surface area contributed by atoms with Gasteiger partial charge in [0.15, 0.2) is 0 Å². The first-order valence-corrected chi connectivity index (χ1v) is 5.34. The molecule has 1 aromatic carbocycles. The molecular weight excluding hydrogens is 234 g/mol. The fourth-order valence-corrected chi connectivity index (χ4v) is 1.35. The highest BCUT2D eigenvalue weighted by Gasteiger charge is 2.09. The zero-order chi connectivity index (χ0) is 13.7. The van der Waals surface area contributed by atoms with Crippen LogP contribution in [-0.4, -0.2) is 44.2 Å². The van der Waals surface area contributed by atoms with Crippen LogP contribution in [-0.2, 0) is 4.79 Å². The second-order valence-corrected chi connectivity index (χ2v) is 3.83. The molecule has 1 amide bonds. The highest BCUT2D eigenvalue weighted by molar-refractivity contribution is 5.92. The summed E-state index contributed by atoms with van der Waals surface area (Å²) in [5.74, 6) is 0.747. The maximum atomic E-state index is 11.4. The van der Waals surface area contributed by atoms with Crippen molar-refractivity contribution in [2.24, 2.45) is 0 Å². The zero-order valence-electron chi connectivity index (χ0n) is 10.9. The van der Waals surface area contributed by atoms with Gasteiger partial charge in [0, 0.05) is 32.3 Å². The minimum Gasteiger partial charge on any atom is -0.507 e. The lowest BCUT2D eigenvalue weighted by Crippen LogP contribution is -2.18. The lowest BCUT2D eigenvalue weighted by molar-refractivity contribution is -0.123. The number of benzene rings is 1. The fourth-order valence-electron chi connectivity index (χ4n) is 1.35.